The topological polar surface area (TPSA) is 51.6 Å². The summed E-state index contributed by atoms with van der Waals surface area (Å²) in [5.74, 6) is 0. The van der Waals surface area contributed by atoms with Crippen molar-refractivity contribution in [2.45, 2.75) is 337 Å². The average molecular weight is 1490 g/mol. The van der Waals surface area contributed by atoms with E-state index in [-0.39, 0.29) is 0 Å². The van der Waals surface area contributed by atoms with Crippen LogP contribution in [0, 0.1) is 0 Å². The largest absolute Gasteiger partial charge is 0.172 e. The van der Waals surface area contributed by atoms with Crippen molar-refractivity contribution in [2.75, 3.05) is 0 Å². The number of nitrogens with zero attached hydrogens (tertiary/aromatic N) is 4. The number of hydrogen-bond acceptors (Lipinski definition) is 12. The zero-order valence-electron chi connectivity index (χ0n) is 62.4. The maximum Gasteiger partial charge on any atom is 0.114 e. The Kier molecular flexibility index (Phi) is 32.4. The van der Waals surface area contributed by atoms with Gasteiger partial charge in [0, 0.05) is 92.2 Å². The summed E-state index contributed by atoms with van der Waals surface area (Å²) < 4.78 is 23.5. The summed E-state index contributed by atoms with van der Waals surface area (Å²) in [5.41, 5.74) is 15.5. The van der Waals surface area contributed by atoms with E-state index in [1.54, 1.807) is 20.9 Å². The number of hydrogen-bond donors (Lipinski definition) is 0. The molecule has 0 aliphatic rings. The Morgan fingerprint density at radius 2 is 0.670 bits per heavy atom. The lowest BCUT2D eigenvalue weighted by atomic mass is 9.97. The zero-order chi connectivity index (χ0) is 69.1. The Bertz CT molecular complexity index is 3980. The quantitative estimate of drug-likeness (QED) is 0.0357. The molecule has 0 radical (unpaired) electrons. The maximum atomic E-state index is 5.21. The van der Waals surface area contributed by atoms with E-state index in [1.807, 2.05) is 34.0 Å². The van der Waals surface area contributed by atoms with Gasteiger partial charge in [-0.1, -0.05) is 260 Å². The van der Waals surface area contributed by atoms with Gasteiger partial charge in [-0.3, -0.25) is 0 Å². The van der Waals surface area contributed by atoms with E-state index in [9.17, 15) is 0 Å². The van der Waals surface area contributed by atoms with Crippen LogP contribution in [-0.4, -0.2) is 17.5 Å². The number of benzene rings is 3. The van der Waals surface area contributed by atoms with Gasteiger partial charge in [0.25, 0.3) is 0 Å². The first-order valence-corrected chi connectivity index (χ1v) is 47.2. The fourth-order valence-electron chi connectivity index (χ4n) is 15.6. The highest BCUT2D eigenvalue weighted by molar-refractivity contribution is 7.28. The summed E-state index contributed by atoms with van der Waals surface area (Å²) in [6, 6.07) is 20.5. The van der Waals surface area contributed by atoms with Crippen LogP contribution >= 0.6 is 91.5 Å². The average Bonchev–Trinajstić information content (AvgIpc) is 1.56. The van der Waals surface area contributed by atoms with Gasteiger partial charge in [-0.05, 0) is 159 Å². The highest BCUT2D eigenvalue weighted by Gasteiger charge is 2.28. The third-order valence-electron chi connectivity index (χ3n) is 21.5. The fraction of sp³-hybridized carbons (Fsp3) is 0.591. The van der Waals surface area contributed by atoms with Crippen LogP contribution in [0.1, 0.15) is 330 Å². The fourth-order valence-corrected chi connectivity index (χ4v) is 24.1. The van der Waals surface area contributed by atoms with E-state index >= 15 is 0 Å². The molecule has 0 N–H and O–H groups in total. The molecule has 0 saturated heterocycles. The molecule has 0 amide bonds. The maximum absolute atomic E-state index is 5.21. The van der Waals surface area contributed by atoms with Gasteiger partial charge in [-0.15, -0.1) is 68.0 Å². The van der Waals surface area contributed by atoms with Crippen LogP contribution in [0.4, 0.5) is 0 Å². The van der Waals surface area contributed by atoms with Crippen LogP contribution in [0.2, 0.25) is 0 Å². The molecule has 0 saturated carbocycles. The number of aryl methyl sites for hydroxylation is 6. The molecule has 0 aliphatic heterocycles. The molecule has 0 aliphatic carbocycles. The smallest absolute Gasteiger partial charge is 0.114 e. The molecule has 0 bridgehead atoms. The van der Waals surface area contributed by atoms with Gasteiger partial charge >= 0.3 is 0 Å². The Balaban J connectivity index is 1.02. The molecule has 8 heterocycles. The molecule has 8 aromatic heterocycles. The van der Waals surface area contributed by atoms with Crippen molar-refractivity contribution in [3.8, 4) is 51.5 Å². The molecule has 11 rings (SSSR count). The number of aromatic nitrogens is 4. The van der Waals surface area contributed by atoms with Crippen LogP contribution < -0.4 is 0 Å². The van der Waals surface area contributed by atoms with Crippen molar-refractivity contribution in [2.24, 2.45) is 0 Å². The van der Waals surface area contributed by atoms with Gasteiger partial charge in [-0.25, -0.2) is 0 Å². The summed E-state index contributed by atoms with van der Waals surface area (Å²) in [6.07, 6.45) is 60.6. The Hall–Kier alpha value is -3.72. The predicted octanol–water partition coefficient (Wildman–Crippen LogP) is 32.8. The van der Waals surface area contributed by atoms with E-state index in [1.165, 1.54) is 389 Å². The van der Waals surface area contributed by atoms with E-state index in [0.717, 1.165) is 45.7 Å². The van der Waals surface area contributed by atoms with Crippen molar-refractivity contribution in [3.63, 3.8) is 0 Å². The van der Waals surface area contributed by atoms with E-state index in [0.29, 0.717) is 0 Å². The van der Waals surface area contributed by atoms with Crippen LogP contribution in [-0.2, 0) is 38.5 Å². The molecule has 4 nitrogen and oxygen atoms in total. The zero-order valence-corrected chi connectivity index (χ0v) is 68.9. The second kappa shape index (κ2) is 41.8. The van der Waals surface area contributed by atoms with Crippen molar-refractivity contribution >= 4 is 144 Å². The van der Waals surface area contributed by atoms with Gasteiger partial charge in [0.2, 0.25) is 0 Å². The van der Waals surface area contributed by atoms with E-state index in [2.05, 4.69) is 135 Å². The third-order valence-corrected chi connectivity index (χ3v) is 29.5. The Morgan fingerprint density at radius 3 is 1.15 bits per heavy atom. The lowest BCUT2D eigenvalue weighted by Gasteiger charge is -2.10. The van der Waals surface area contributed by atoms with E-state index in [4.69, 9.17) is 17.5 Å². The normalized spacial score (nSPS) is 12.1. The molecule has 0 unspecified atom stereocenters. The number of rotatable bonds is 51. The first-order chi connectivity index (χ1) is 49.4. The van der Waals surface area contributed by atoms with Crippen LogP contribution in [0.15, 0.2) is 59.3 Å². The first kappa shape index (κ1) is 77.4. The minimum Gasteiger partial charge on any atom is -0.172 e. The molecule has 540 valence electrons. The molecule has 0 spiro atoms. The molecule has 3 aromatic carbocycles. The van der Waals surface area contributed by atoms with Gasteiger partial charge in [-0.2, -0.15) is 17.5 Å². The third kappa shape index (κ3) is 20.7. The second-order valence-corrected chi connectivity index (χ2v) is 36.8. The minimum absolute atomic E-state index is 0.985. The molecule has 11 aromatic rings. The van der Waals surface area contributed by atoms with Gasteiger partial charge < -0.3 is 0 Å². The van der Waals surface area contributed by atoms with Crippen molar-refractivity contribution < 1.29 is 0 Å². The minimum atomic E-state index is 0.985. The highest BCUT2D eigenvalue weighted by atomic mass is 32.1. The molecule has 0 atom stereocenters. The van der Waals surface area contributed by atoms with Crippen molar-refractivity contribution in [1.82, 2.24) is 17.5 Å². The van der Waals surface area contributed by atoms with Crippen molar-refractivity contribution in [1.29, 1.82) is 0 Å². The van der Waals surface area contributed by atoms with Gasteiger partial charge in [0.05, 0.1) is 23.5 Å². The molecular weight excluding hydrogens is 1370 g/mol. The highest BCUT2D eigenvalue weighted by Crippen LogP contribution is 2.55. The summed E-state index contributed by atoms with van der Waals surface area (Å²) in [6.45, 7) is 14.0. The predicted molar refractivity (Wildman–Crippen MR) is 456 cm³/mol. The summed E-state index contributed by atoms with van der Waals surface area (Å²) in [7, 11) is 0. The number of unbranched alkanes of at least 4 members (excludes halogenated alkanes) is 34. The molecular formula is C88H120N4S8. The second-order valence-electron chi connectivity index (χ2n) is 29.6. The summed E-state index contributed by atoms with van der Waals surface area (Å²) >= 11 is 15.0. The lowest BCUT2D eigenvalue weighted by molar-refractivity contribution is 0.572. The van der Waals surface area contributed by atoms with Gasteiger partial charge in [0.1, 0.15) is 22.1 Å². The SMILES string of the molecule is CCCCCCCCCCc1cc(-c2c3cc(-c4sc(-c5cc6c(cc(-c7cc(CCCCCC)cs7)c7nsnc76)c6nsnc56)cc4CCCCCC)sc3c(-c3cc(CCCCCCCCCC)c(CCCCCCCCCC)s3)c3ccsc23)sc1CCCCCCCCCC. The number of thiophene rings is 6. The Labute approximate surface area is 636 Å². The number of fused-ring (bicyclic) bond motifs is 7. The van der Waals surface area contributed by atoms with Crippen LogP contribution in [0.3, 0.4) is 0 Å². The van der Waals surface area contributed by atoms with Crippen LogP contribution in [0.25, 0.3) is 105 Å². The Morgan fingerprint density at radius 1 is 0.280 bits per heavy atom. The monoisotopic (exact) mass is 1490 g/mol. The van der Waals surface area contributed by atoms with Gasteiger partial charge in [0.15, 0.2) is 0 Å². The first-order valence-electron chi connectivity index (χ1n) is 40.7. The molecule has 100 heavy (non-hydrogen) atoms. The molecule has 0 fully saturated rings. The summed E-state index contributed by atoms with van der Waals surface area (Å²) in [4.78, 5) is 11.8. The standard InChI is InChI=1S/C88H120N4S8/c1-7-13-19-25-29-33-37-43-48-64-56-77(95-73(64)51-45-39-35-31-27-21-15-9-3)80-67-53-54-93-87(67)81(78-57-65(49-44-38-34-30-26-20-14-8-2)74(96-78)52-46-40-36-32-28-22-16-10-4)72-61-79(98-88(72)80)86-66(50-42-24-18-12-6)58-76(97-86)71-60-69-68(83-85(71)92-100-90-83)59-70(84-82(69)89-99-91-84)75-55-63(62-94-75)47-41-23-17-11-5/h53-62H,7-52H2,1-6H3. The molecule has 12 heteroatoms. The summed E-state index contributed by atoms with van der Waals surface area (Å²) in [5, 5.41) is 10.0. The van der Waals surface area contributed by atoms with Crippen molar-refractivity contribution in [3.05, 3.63) is 91.3 Å². The van der Waals surface area contributed by atoms with E-state index < -0.39 is 0 Å². The lowest BCUT2D eigenvalue weighted by Crippen LogP contribution is -1.91. The van der Waals surface area contributed by atoms with Crippen LogP contribution in [0.5, 0.6) is 0 Å².